The number of phenols is 3. The second-order valence-corrected chi connectivity index (χ2v) is 11.0. The highest BCUT2D eigenvalue weighted by molar-refractivity contribution is 5.99. The van der Waals surface area contributed by atoms with Crippen LogP contribution in [0.4, 0.5) is 0 Å². The number of hydrogen-bond donors (Lipinski definition) is 3. The van der Waals surface area contributed by atoms with E-state index in [0.29, 0.717) is 50.7 Å². The number of hydrogen-bond acceptors (Lipinski definition) is 9. The summed E-state index contributed by atoms with van der Waals surface area (Å²) in [7, 11) is 4.68. The lowest BCUT2D eigenvalue weighted by atomic mass is 9.98. The molecule has 1 aromatic heterocycles. The van der Waals surface area contributed by atoms with Crippen LogP contribution in [0.5, 0.6) is 40.2 Å². The zero-order valence-electron chi connectivity index (χ0n) is 26.0. The van der Waals surface area contributed by atoms with E-state index in [2.05, 4.69) is 0 Å². The first-order valence-corrected chi connectivity index (χ1v) is 14.3. The molecule has 0 bridgehead atoms. The van der Waals surface area contributed by atoms with Crippen molar-refractivity contribution in [3.05, 3.63) is 106 Å². The molecule has 0 aliphatic carbocycles. The number of benzene rings is 4. The summed E-state index contributed by atoms with van der Waals surface area (Å²) in [5, 5.41) is 28.3. The van der Waals surface area contributed by atoms with E-state index in [4.69, 9.17) is 28.5 Å². The number of phenolic OH excluding ortho intramolecular Hbond substituents is 3. The van der Waals surface area contributed by atoms with Gasteiger partial charge in [-0.15, -0.1) is 0 Å². The van der Waals surface area contributed by atoms with Gasteiger partial charge in [-0.1, -0.05) is 36.4 Å². The highest BCUT2D eigenvalue weighted by atomic mass is 16.5. The van der Waals surface area contributed by atoms with E-state index in [0.717, 1.165) is 11.1 Å². The fraction of sp³-hybridized carbons (Fsp3) is 0.162. The lowest BCUT2D eigenvalue weighted by molar-refractivity contribution is 0.158. The first kappa shape index (κ1) is 31.6. The SMILES string of the molecule is COc1ccc(-c2c(OC)c3c(OC)c4c(cc3oc2=O)OC(C)(C)C=C4)cc1.Oc1ccc(C=Cc2cc(O)cc(O)c2)cc1. The minimum atomic E-state index is -0.507. The first-order valence-electron chi connectivity index (χ1n) is 14.3. The molecule has 0 atom stereocenters. The maximum atomic E-state index is 12.9. The van der Waals surface area contributed by atoms with Gasteiger partial charge in [-0.25, -0.2) is 4.79 Å². The Morgan fingerprint density at radius 1 is 0.717 bits per heavy atom. The van der Waals surface area contributed by atoms with Crippen LogP contribution in [0, 0.1) is 0 Å². The molecule has 46 heavy (non-hydrogen) atoms. The van der Waals surface area contributed by atoms with Gasteiger partial charge in [-0.3, -0.25) is 0 Å². The molecule has 0 unspecified atom stereocenters. The van der Waals surface area contributed by atoms with Crippen molar-refractivity contribution in [3.8, 4) is 51.4 Å². The molecule has 0 radical (unpaired) electrons. The van der Waals surface area contributed by atoms with Crippen LogP contribution in [-0.4, -0.2) is 42.3 Å². The van der Waals surface area contributed by atoms with Gasteiger partial charge >= 0.3 is 5.63 Å². The van der Waals surface area contributed by atoms with E-state index >= 15 is 0 Å². The van der Waals surface area contributed by atoms with E-state index in [-0.39, 0.29) is 17.2 Å². The van der Waals surface area contributed by atoms with Crippen molar-refractivity contribution < 1.29 is 38.7 Å². The van der Waals surface area contributed by atoms with Gasteiger partial charge in [0.1, 0.15) is 62.4 Å². The Hall–Kier alpha value is -5.83. The van der Waals surface area contributed by atoms with Crippen LogP contribution >= 0.6 is 0 Å². The normalized spacial score (nSPS) is 13.0. The molecule has 2 heterocycles. The molecule has 5 aromatic rings. The zero-order valence-corrected chi connectivity index (χ0v) is 26.0. The second kappa shape index (κ2) is 13.0. The molecular formula is C37H34O9. The Bertz CT molecular complexity index is 1960. The van der Waals surface area contributed by atoms with Gasteiger partial charge in [-0.05, 0) is 79.1 Å². The van der Waals surface area contributed by atoms with Gasteiger partial charge in [0.25, 0.3) is 0 Å². The fourth-order valence-corrected chi connectivity index (χ4v) is 5.05. The minimum absolute atomic E-state index is 0.0235. The van der Waals surface area contributed by atoms with Crippen LogP contribution in [0.3, 0.4) is 0 Å². The Balaban J connectivity index is 0.000000209. The molecule has 1 aliphatic rings. The molecule has 4 aromatic carbocycles. The predicted octanol–water partition coefficient (Wildman–Crippen LogP) is 7.64. The summed E-state index contributed by atoms with van der Waals surface area (Å²) < 4.78 is 28.3. The summed E-state index contributed by atoms with van der Waals surface area (Å²) in [5.74, 6) is 2.46. The highest BCUT2D eigenvalue weighted by Crippen LogP contribution is 2.47. The molecular weight excluding hydrogens is 588 g/mol. The third-order valence-electron chi connectivity index (χ3n) is 7.20. The van der Waals surface area contributed by atoms with E-state index < -0.39 is 11.2 Å². The minimum Gasteiger partial charge on any atom is -0.508 e. The van der Waals surface area contributed by atoms with E-state index in [1.807, 2.05) is 32.1 Å². The van der Waals surface area contributed by atoms with Crippen molar-refractivity contribution in [2.75, 3.05) is 21.3 Å². The van der Waals surface area contributed by atoms with Crippen LogP contribution < -0.4 is 24.6 Å². The Kier molecular flexibility index (Phi) is 8.95. The molecule has 0 amide bonds. The monoisotopic (exact) mass is 622 g/mol. The average Bonchev–Trinajstić information content (AvgIpc) is 3.02. The number of methoxy groups -OCH3 is 3. The summed E-state index contributed by atoms with van der Waals surface area (Å²) >= 11 is 0. The smallest absolute Gasteiger partial charge is 0.347 e. The van der Waals surface area contributed by atoms with Crippen LogP contribution in [0.1, 0.15) is 30.5 Å². The maximum absolute atomic E-state index is 12.9. The Morgan fingerprint density at radius 3 is 1.96 bits per heavy atom. The topological polar surface area (TPSA) is 128 Å². The predicted molar refractivity (Wildman–Crippen MR) is 178 cm³/mol. The van der Waals surface area contributed by atoms with Gasteiger partial charge in [-0.2, -0.15) is 0 Å². The van der Waals surface area contributed by atoms with E-state index in [9.17, 15) is 15.0 Å². The zero-order chi connectivity index (χ0) is 33.0. The summed E-state index contributed by atoms with van der Waals surface area (Å²) in [5.41, 5.74) is 2.73. The third kappa shape index (κ3) is 6.78. The molecule has 0 fully saturated rings. The number of ether oxygens (including phenoxy) is 4. The molecule has 6 rings (SSSR count). The molecule has 3 N–H and O–H groups in total. The van der Waals surface area contributed by atoms with Crippen molar-refractivity contribution in [2.45, 2.75) is 19.4 Å². The third-order valence-corrected chi connectivity index (χ3v) is 7.20. The molecule has 236 valence electrons. The van der Waals surface area contributed by atoms with Crippen molar-refractivity contribution >= 4 is 29.2 Å². The van der Waals surface area contributed by atoms with Crippen molar-refractivity contribution in [1.29, 1.82) is 0 Å². The van der Waals surface area contributed by atoms with Crippen molar-refractivity contribution in [2.24, 2.45) is 0 Å². The second-order valence-electron chi connectivity index (χ2n) is 11.0. The Labute approximate surface area is 265 Å². The average molecular weight is 623 g/mol. The summed E-state index contributed by atoms with van der Waals surface area (Å²) in [4.78, 5) is 12.9. The summed E-state index contributed by atoms with van der Waals surface area (Å²) in [6, 6.07) is 20.0. The van der Waals surface area contributed by atoms with Gasteiger partial charge < -0.3 is 38.7 Å². The quantitative estimate of drug-likeness (QED) is 0.129. The lowest BCUT2D eigenvalue weighted by Crippen LogP contribution is -2.27. The number of rotatable bonds is 6. The Morgan fingerprint density at radius 2 is 1.35 bits per heavy atom. The standard InChI is InChI=1S/C23H22O6.C14H12O3/c1-23(2)11-10-15-16(29-23)12-17-19(20(15)26-4)21(27-5)18(22(24)28-17)13-6-8-14(25-3)9-7-13;15-12-5-3-10(4-6-12)1-2-11-7-13(16)9-14(17)8-11/h6-12H,1-5H3;1-9,15-17H. The molecule has 0 spiro atoms. The molecule has 9 heteroatoms. The van der Waals surface area contributed by atoms with E-state index in [1.54, 1.807) is 87.0 Å². The largest absolute Gasteiger partial charge is 0.508 e. The van der Waals surface area contributed by atoms with Crippen molar-refractivity contribution in [3.63, 3.8) is 0 Å². The fourth-order valence-electron chi connectivity index (χ4n) is 5.05. The van der Waals surface area contributed by atoms with E-state index in [1.165, 1.54) is 13.2 Å². The molecule has 9 nitrogen and oxygen atoms in total. The van der Waals surface area contributed by atoms with Gasteiger partial charge in [0.15, 0.2) is 0 Å². The molecule has 1 aliphatic heterocycles. The first-order chi connectivity index (χ1) is 22.0. The van der Waals surface area contributed by atoms with Crippen LogP contribution in [0.15, 0.2) is 88.1 Å². The van der Waals surface area contributed by atoms with Crippen LogP contribution in [-0.2, 0) is 0 Å². The van der Waals surface area contributed by atoms with Gasteiger partial charge in [0, 0.05) is 12.1 Å². The van der Waals surface area contributed by atoms with Gasteiger partial charge in [0.2, 0.25) is 0 Å². The lowest BCUT2D eigenvalue weighted by Gasteiger charge is -2.29. The van der Waals surface area contributed by atoms with Gasteiger partial charge in [0.05, 0.1) is 26.9 Å². The van der Waals surface area contributed by atoms with Crippen LogP contribution in [0.25, 0.3) is 40.3 Å². The molecule has 0 saturated heterocycles. The number of aromatic hydroxyl groups is 3. The van der Waals surface area contributed by atoms with Crippen molar-refractivity contribution in [1.82, 2.24) is 0 Å². The maximum Gasteiger partial charge on any atom is 0.347 e. The highest BCUT2D eigenvalue weighted by Gasteiger charge is 2.29. The van der Waals surface area contributed by atoms with Crippen LogP contribution in [0.2, 0.25) is 0 Å². The summed E-state index contributed by atoms with van der Waals surface area (Å²) in [6.07, 6.45) is 7.51. The molecule has 0 saturated carbocycles. The number of fused-ring (bicyclic) bond motifs is 2. The summed E-state index contributed by atoms with van der Waals surface area (Å²) in [6.45, 7) is 3.90.